The number of halogens is 1. The molecule has 1 aromatic carbocycles. The average molecular weight is 274 g/mol. The smallest absolute Gasteiger partial charge is 0.182 e. The van der Waals surface area contributed by atoms with E-state index < -0.39 is 0 Å². The Balaban J connectivity index is 2.23. The van der Waals surface area contributed by atoms with E-state index in [1.165, 1.54) is 0 Å². The lowest BCUT2D eigenvalue weighted by atomic mass is 10.2. The van der Waals surface area contributed by atoms with Crippen LogP contribution in [0.15, 0.2) is 53.1 Å². The Labute approximate surface area is 101 Å². The summed E-state index contributed by atoms with van der Waals surface area (Å²) in [4.78, 5) is 4.49. The van der Waals surface area contributed by atoms with Gasteiger partial charge in [-0.3, -0.25) is 0 Å². The minimum atomic E-state index is 0.743. The summed E-state index contributed by atoms with van der Waals surface area (Å²) < 4.78 is 2.72. The van der Waals surface area contributed by atoms with E-state index in [-0.39, 0.29) is 0 Å². The molecule has 3 rings (SSSR count). The summed E-state index contributed by atoms with van der Waals surface area (Å²) in [6, 6.07) is 13.8. The third-order valence-corrected chi connectivity index (χ3v) is 2.97. The third kappa shape index (κ3) is 1.51. The van der Waals surface area contributed by atoms with Gasteiger partial charge in [0, 0.05) is 11.8 Å². The van der Waals surface area contributed by atoms with Gasteiger partial charge in [-0.15, -0.1) is 5.10 Å². The maximum atomic E-state index is 4.49. The number of pyridine rings is 1. The van der Waals surface area contributed by atoms with Crippen molar-refractivity contribution in [3.63, 3.8) is 0 Å². The Kier molecular flexibility index (Phi) is 2.22. The number of hydrogen-bond donors (Lipinski definition) is 0. The molecule has 2 heterocycles. The van der Waals surface area contributed by atoms with Crippen molar-refractivity contribution >= 4 is 21.6 Å². The summed E-state index contributed by atoms with van der Waals surface area (Å²) in [5.74, 6) is 0.743. The van der Waals surface area contributed by atoms with Crippen molar-refractivity contribution < 1.29 is 0 Å². The van der Waals surface area contributed by atoms with Crippen LogP contribution in [0.1, 0.15) is 0 Å². The summed E-state index contributed by atoms with van der Waals surface area (Å²) in [7, 11) is 0. The Hall–Kier alpha value is -1.68. The van der Waals surface area contributed by atoms with Gasteiger partial charge in [0.25, 0.3) is 0 Å². The molecule has 78 valence electrons. The number of fused-ring (bicyclic) bond motifs is 1. The number of nitrogens with zero attached hydrogens (tertiary/aromatic N) is 3. The van der Waals surface area contributed by atoms with E-state index in [1.807, 2.05) is 48.7 Å². The van der Waals surface area contributed by atoms with E-state index in [1.54, 1.807) is 4.52 Å². The standard InChI is InChI=1S/C12H8BrN3/c13-10-7-4-8-16-12(10)14-11(15-16)9-5-2-1-3-6-9/h1-8H. The Morgan fingerprint density at radius 2 is 1.81 bits per heavy atom. The molecule has 3 nitrogen and oxygen atoms in total. The SMILES string of the molecule is Brc1cccn2nc(-c3ccccc3)nc12. The van der Waals surface area contributed by atoms with Crippen LogP contribution in [0.5, 0.6) is 0 Å². The number of hydrogen-bond acceptors (Lipinski definition) is 2. The van der Waals surface area contributed by atoms with Gasteiger partial charge in [0.2, 0.25) is 0 Å². The number of aromatic nitrogens is 3. The topological polar surface area (TPSA) is 30.2 Å². The molecule has 0 saturated heterocycles. The molecule has 2 aromatic heterocycles. The van der Waals surface area contributed by atoms with Gasteiger partial charge < -0.3 is 0 Å². The zero-order valence-electron chi connectivity index (χ0n) is 8.34. The van der Waals surface area contributed by atoms with E-state index in [0.717, 1.165) is 21.5 Å². The van der Waals surface area contributed by atoms with E-state index in [0.29, 0.717) is 0 Å². The van der Waals surface area contributed by atoms with Gasteiger partial charge in [-0.05, 0) is 28.1 Å². The zero-order valence-corrected chi connectivity index (χ0v) is 9.92. The van der Waals surface area contributed by atoms with Gasteiger partial charge in [-0.25, -0.2) is 9.50 Å². The fraction of sp³-hybridized carbons (Fsp3) is 0. The number of rotatable bonds is 1. The summed E-state index contributed by atoms with van der Waals surface area (Å²) in [6.07, 6.45) is 1.89. The van der Waals surface area contributed by atoms with Crippen LogP contribution in [0, 0.1) is 0 Å². The van der Waals surface area contributed by atoms with Crippen LogP contribution in [-0.4, -0.2) is 14.6 Å². The predicted octanol–water partition coefficient (Wildman–Crippen LogP) is 3.16. The number of benzene rings is 1. The van der Waals surface area contributed by atoms with E-state index in [2.05, 4.69) is 26.0 Å². The van der Waals surface area contributed by atoms with Gasteiger partial charge >= 0.3 is 0 Å². The first kappa shape index (κ1) is 9.54. The minimum Gasteiger partial charge on any atom is -0.219 e. The molecule has 0 N–H and O–H groups in total. The summed E-state index contributed by atoms with van der Waals surface area (Å²) in [5.41, 5.74) is 1.86. The van der Waals surface area contributed by atoms with Crippen molar-refractivity contribution in [3.8, 4) is 11.4 Å². The maximum Gasteiger partial charge on any atom is 0.182 e. The average Bonchev–Trinajstić information content (AvgIpc) is 2.76. The second kappa shape index (κ2) is 3.72. The van der Waals surface area contributed by atoms with Gasteiger partial charge in [0.05, 0.1) is 4.47 Å². The highest BCUT2D eigenvalue weighted by Gasteiger charge is 2.07. The largest absolute Gasteiger partial charge is 0.219 e. The first-order valence-electron chi connectivity index (χ1n) is 4.91. The van der Waals surface area contributed by atoms with Crippen LogP contribution < -0.4 is 0 Å². The fourth-order valence-electron chi connectivity index (χ4n) is 1.58. The van der Waals surface area contributed by atoms with Crippen molar-refractivity contribution in [2.24, 2.45) is 0 Å². The lowest BCUT2D eigenvalue weighted by Gasteiger charge is -1.91. The quantitative estimate of drug-likeness (QED) is 0.682. The van der Waals surface area contributed by atoms with Gasteiger partial charge in [-0.2, -0.15) is 0 Å². The lowest BCUT2D eigenvalue weighted by Crippen LogP contribution is -1.85. The van der Waals surface area contributed by atoms with Crippen LogP contribution in [-0.2, 0) is 0 Å². The molecule has 0 aliphatic rings. The molecule has 4 heteroatoms. The highest BCUT2D eigenvalue weighted by Crippen LogP contribution is 2.20. The van der Waals surface area contributed by atoms with Crippen molar-refractivity contribution in [3.05, 3.63) is 53.1 Å². The van der Waals surface area contributed by atoms with E-state index in [4.69, 9.17) is 0 Å². The Bertz CT molecular complexity index is 631. The minimum absolute atomic E-state index is 0.743. The first-order chi connectivity index (χ1) is 7.84. The fourth-order valence-corrected chi connectivity index (χ4v) is 2.01. The van der Waals surface area contributed by atoms with E-state index >= 15 is 0 Å². The first-order valence-corrected chi connectivity index (χ1v) is 5.70. The second-order valence-electron chi connectivity index (χ2n) is 3.43. The molecule has 3 aromatic rings. The van der Waals surface area contributed by atoms with Crippen LogP contribution in [0.2, 0.25) is 0 Å². The Morgan fingerprint density at radius 3 is 2.56 bits per heavy atom. The van der Waals surface area contributed by atoms with Crippen LogP contribution in [0.4, 0.5) is 0 Å². The van der Waals surface area contributed by atoms with Crippen LogP contribution >= 0.6 is 15.9 Å². The van der Waals surface area contributed by atoms with Crippen molar-refractivity contribution in [1.29, 1.82) is 0 Å². The summed E-state index contributed by atoms with van der Waals surface area (Å²) in [5, 5.41) is 4.42. The van der Waals surface area contributed by atoms with Gasteiger partial charge in [0.1, 0.15) is 0 Å². The van der Waals surface area contributed by atoms with Crippen molar-refractivity contribution in [2.45, 2.75) is 0 Å². The normalized spacial score (nSPS) is 10.8. The van der Waals surface area contributed by atoms with E-state index in [9.17, 15) is 0 Å². The molecule has 0 saturated carbocycles. The molecule has 0 spiro atoms. The molecule has 0 aliphatic heterocycles. The molecule has 0 aliphatic carbocycles. The van der Waals surface area contributed by atoms with Crippen LogP contribution in [0.3, 0.4) is 0 Å². The Morgan fingerprint density at radius 1 is 1.00 bits per heavy atom. The van der Waals surface area contributed by atoms with Crippen molar-refractivity contribution in [2.75, 3.05) is 0 Å². The molecule has 0 atom stereocenters. The highest BCUT2D eigenvalue weighted by molar-refractivity contribution is 9.10. The molecule has 0 radical (unpaired) electrons. The summed E-state index contributed by atoms with van der Waals surface area (Å²) >= 11 is 3.46. The molecule has 0 fully saturated rings. The van der Waals surface area contributed by atoms with Gasteiger partial charge in [-0.1, -0.05) is 30.3 Å². The summed E-state index contributed by atoms with van der Waals surface area (Å²) in [6.45, 7) is 0. The molecular weight excluding hydrogens is 266 g/mol. The molecule has 0 bridgehead atoms. The monoisotopic (exact) mass is 273 g/mol. The predicted molar refractivity (Wildman–Crippen MR) is 66.1 cm³/mol. The van der Waals surface area contributed by atoms with Crippen molar-refractivity contribution in [1.82, 2.24) is 14.6 Å². The zero-order chi connectivity index (χ0) is 11.0. The van der Waals surface area contributed by atoms with Crippen LogP contribution in [0.25, 0.3) is 17.0 Å². The molecule has 0 unspecified atom stereocenters. The lowest BCUT2D eigenvalue weighted by molar-refractivity contribution is 0.963. The van der Waals surface area contributed by atoms with Gasteiger partial charge in [0.15, 0.2) is 11.5 Å². The second-order valence-corrected chi connectivity index (χ2v) is 4.28. The molecule has 0 amide bonds. The third-order valence-electron chi connectivity index (χ3n) is 2.35. The molecular formula is C12H8BrN3. The molecule has 16 heavy (non-hydrogen) atoms. The highest BCUT2D eigenvalue weighted by atomic mass is 79.9. The maximum absolute atomic E-state index is 4.49.